The van der Waals surface area contributed by atoms with Crippen LogP contribution in [-0.2, 0) is 11.3 Å². The normalized spacial score (nSPS) is 10.4. The molecule has 1 amide bonds. The number of carbonyl (C=O) groups excluding carboxylic acids is 1. The van der Waals surface area contributed by atoms with Gasteiger partial charge in [0.25, 0.3) is 0 Å². The van der Waals surface area contributed by atoms with Crippen LogP contribution in [0.5, 0.6) is 0 Å². The fraction of sp³-hybridized carbons (Fsp3) is 0.636. The van der Waals surface area contributed by atoms with E-state index in [9.17, 15) is 4.79 Å². The molecule has 5 heteroatoms. The first-order valence-electron chi connectivity index (χ1n) is 5.52. The van der Waals surface area contributed by atoms with E-state index in [1.165, 1.54) is 0 Å². The van der Waals surface area contributed by atoms with Gasteiger partial charge in [0.05, 0.1) is 5.69 Å². The van der Waals surface area contributed by atoms with Crippen molar-refractivity contribution in [3.63, 3.8) is 0 Å². The summed E-state index contributed by atoms with van der Waals surface area (Å²) in [4.78, 5) is 11.4. The van der Waals surface area contributed by atoms with Gasteiger partial charge in [0.2, 0.25) is 5.91 Å². The molecule has 1 aromatic heterocycles. The maximum Gasteiger partial charge on any atom is 0.221 e. The first kappa shape index (κ1) is 12.7. The van der Waals surface area contributed by atoms with Crippen molar-refractivity contribution in [2.24, 2.45) is 0 Å². The highest BCUT2D eigenvalue weighted by Crippen LogP contribution is 2.02. The summed E-state index contributed by atoms with van der Waals surface area (Å²) < 4.78 is 1.83. The molecule has 1 rings (SSSR count). The Morgan fingerprint density at radius 3 is 2.88 bits per heavy atom. The first-order valence-corrected chi connectivity index (χ1v) is 5.52. The number of aliphatic hydroxyl groups excluding tert-OH is 1. The second-order valence-electron chi connectivity index (χ2n) is 3.83. The Morgan fingerprint density at radius 2 is 2.31 bits per heavy atom. The number of rotatable bonds is 6. The fourth-order valence-electron chi connectivity index (χ4n) is 1.50. The quantitative estimate of drug-likeness (QED) is 0.688. The smallest absolute Gasteiger partial charge is 0.221 e. The fourth-order valence-corrected chi connectivity index (χ4v) is 1.50. The van der Waals surface area contributed by atoms with Gasteiger partial charge < -0.3 is 10.4 Å². The predicted octanol–water partition coefficient (Wildman–Crippen LogP) is 0.389. The second kappa shape index (κ2) is 6.27. The second-order valence-corrected chi connectivity index (χ2v) is 3.83. The van der Waals surface area contributed by atoms with Crippen molar-refractivity contribution in [2.45, 2.75) is 33.2 Å². The molecular weight excluding hydrogens is 206 g/mol. The summed E-state index contributed by atoms with van der Waals surface area (Å²) in [6.07, 6.45) is 1.03. The molecule has 2 N–H and O–H groups in total. The van der Waals surface area contributed by atoms with Crippen molar-refractivity contribution in [3.05, 3.63) is 17.5 Å². The molecule has 5 nitrogen and oxygen atoms in total. The molecule has 0 saturated heterocycles. The van der Waals surface area contributed by atoms with E-state index >= 15 is 0 Å². The molecule has 0 aliphatic rings. The van der Waals surface area contributed by atoms with Gasteiger partial charge in [-0.15, -0.1) is 0 Å². The van der Waals surface area contributed by atoms with Gasteiger partial charge in [0.1, 0.15) is 0 Å². The Hall–Kier alpha value is -1.36. The van der Waals surface area contributed by atoms with Crippen LogP contribution in [0, 0.1) is 13.8 Å². The zero-order chi connectivity index (χ0) is 12.0. The van der Waals surface area contributed by atoms with Gasteiger partial charge in [-0.05, 0) is 26.3 Å². The van der Waals surface area contributed by atoms with E-state index in [2.05, 4.69) is 10.4 Å². The van der Waals surface area contributed by atoms with Gasteiger partial charge in [0, 0.05) is 31.8 Å². The highest BCUT2D eigenvalue weighted by molar-refractivity contribution is 5.75. The van der Waals surface area contributed by atoms with Crippen LogP contribution in [0.15, 0.2) is 6.07 Å². The summed E-state index contributed by atoms with van der Waals surface area (Å²) in [6, 6.07) is 1.99. The summed E-state index contributed by atoms with van der Waals surface area (Å²) in [5.74, 6) is 0.000929. The Morgan fingerprint density at radius 1 is 1.56 bits per heavy atom. The summed E-state index contributed by atoms with van der Waals surface area (Å²) >= 11 is 0. The Balaban J connectivity index is 2.29. The predicted molar refractivity (Wildman–Crippen MR) is 61.0 cm³/mol. The molecule has 0 unspecified atom stereocenters. The van der Waals surface area contributed by atoms with E-state index < -0.39 is 0 Å². The Kier molecular flexibility index (Phi) is 4.98. The lowest BCUT2D eigenvalue weighted by Crippen LogP contribution is -2.26. The molecule has 1 aromatic rings. The third-order valence-electron chi connectivity index (χ3n) is 2.31. The van der Waals surface area contributed by atoms with Crippen molar-refractivity contribution in [1.29, 1.82) is 0 Å². The maximum atomic E-state index is 11.4. The maximum absolute atomic E-state index is 11.4. The van der Waals surface area contributed by atoms with Crippen molar-refractivity contribution < 1.29 is 9.90 Å². The number of aromatic nitrogens is 2. The van der Waals surface area contributed by atoms with Crippen LogP contribution in [-0.4, -0.2) is 33.9 Å². The number of aliphatic hydroxyl groups is 1. The van der Waals surface area contributed by atoms with E-state index in [0.717, 1.165) is 11.4 Å². The van der Waals surface area contributed by atoms with Crippen LogP contribution in [0.1, 0.15) is 24.2 Å². The molecule has 90 valence electrons. The lowest BCUT2D eigenvalue weighted by Gasteiger charge is -2.05. The topological polar surface area (TPSA) is 67.2 Å². The summed E-state index contributed by atoms with van der Waals surface area (Å²) in [5.41, 5.74) is 2.04. The number of aryl methyl sites for hydroxylation is 3. The van der Waals surface area contributed by atoms with Crippen LogP contribution in [0.2, 0.25) is 0 Å². The minimum atomic E-state index is 0.000929. The lowest BCUT2D eigenvalue weighted by molar-refractivity contribution is -0.121. The van der Waals surface area contributed by atoms with Crippen molar-refractivity contribution in [3.8, 4) is 0 Å². The molecule has 0 aliphatic carbocycles. The highest BCUT2D eigenvalue weighted by atomic mass is 16.3. The molecule has 16 heavy (non-hydrogen) atoms. The van der Waals surface area contributed by atoms with Crippen LogP contribution >= 0.6 is 0 Å². The number of hydrogen-bond donors (Lipinski definition) is 2. The van der Waals surface area contributed by atoms with Crippen molar-refractivity contribution >= 4 is 5.91 Å². The molecular formula is C11H19N3O2. The van der Waals surface area contributed by atoms with Gasteiger partial charge in [-0.25, -0.2) is 0 Å². The summed E-state index contributed by atoms with van der Waals surface area (Å²) in [5, 5.41) is 15.6. The Bertz CT molecular complexity index is 347. The van der Waals surface area contributed by atoms with E-state index in [1.807, 2.05) is 24.6 Å². The largest absolute Gasteiger partial charge is 0.396 e. The SMILES string of the molecule is Cc1cc(C)n(CCC(=O)NCCCO)n1. The molecule has 0 saturated carbocycles. The number of amides is 1. The molecule has 0 aliphatic heterocycles. The van der Waals surface area contributed by atoms with Crippen LogP contribution in [0.4, 0.5) is 0 Å². The highest BCUT2D eigenvalue weighted by Gasteiger charge is 2.04. The average molecular weight is 225 g/mol. The molecule has 0 radical (unpaired) electrons. The zero-order valence-corrected chi connectivity index (χ0v) is 9.86. The third-order valence-corrected chi connectivity index (χ3v) is 2.31. The molecule has 0 fully saturated rings. The van der Waals surface area contributed by atoms with Gasteiger partial charge >= 0.3 is 0 Å². The van der Waals surface area contributed by atoms with Crippen molar-refractivity contribution in [2.75, 3.05) is 13.2 Å². The van der Waals surface area contributed by atoms with E-state index in [-0.39, 0.29) is 12.5 Å². The Labute approximate surface area is 95.5 Å². The van der Waals surface area contributed by atoms with Crippen molar-refractivity contribution in [1.82, 2.24) is 15.1 Å². The van der Waals surface area contributed by atoms with Crippen LogP contribution in [0.25, 0.3) is 0 Å². The first-order chi connectivity index (χ1) is 7.63. The third kappa shape index (κ3) is 4.02. The molecule has 0 spiro atoms. The van der Waals surface area contributed by atoms with Gasteiger partial charge in [0.15, 0.2) is 0 Å². The number of nitrogens with one attached hydrogen (secondary N) is 1. The lowest BCUT2D eigenvalue weighted by atomic mass is 10.3. The van der Waals surface area contributed by atoms with Gasteiger partial charge in [-0.3, -0.25) is 9.48 Å². The summed E-state index contributed by atoms with van der Waals surface area (Å²) in [6.45, 7) is 5.16. The zero-order valence-electron chi connectivity index (χ0n) is 9.86. The standard InChI is InChI=1S/C11H19N3O2/c1-9-8-10(2)14(13-9)6-4-11(16)12-5-3-7-15/h8,15H,3-7H2,1-2H3,(H,12,16). The van der Waals surface area contributed by atoms with E-state index in [4.69, 9.17) is 5.11 Å². The monoisotopic (exact) mass is 225 g/mol. The summed E-state index contributed by atoms with van der Waals surface area (Å²) in [7, 11) is 0. The average Bonchev–Trinajstić information content (AvgIpc) is 2.55. The molecule has 0 aromatic carbocycles. The van der Waals surface area contributed by atoms with E-state index in [1.54, 1.807) is 0 Å². The van der Waals surface area contributed by atoms with Crippen LogP contribution in [0.3, 0.4) is 0 Å². The number of carbonyl (C=O) groups is 1. The van der Waals surface area contributed by atoms with Gasteiger partial charge in [-0.1, -0.05) is 0 Å². The minimum absolute atomic E-state index is 0.000929. The van der Waals surface area contributed by atoms with Crippen LogP contribution < -0.4 is 5.32 Å². The molecule has 1 heterocycles. The number of hydrogen-bond acceptors (Lipinski definition) is 3. The van der Waals surface area contributed by atoms with Gasteiger partial charge in [-0.2, -0.15) is 5.10 Å². The van der Waals surface area contributed by atoms with E-state index in [0.29, 0.717) is 25.9 Å². The molecule has 0 bridgehead atoms. The minimum Gasteiger partial charge on any atom is -0.396 e. The number of nitrogens with zero attached hydrogens (tertiary/aromatic N) is 2. The molecule has 0 atom stereocenters.